The van der Waals surface area contributed by atoms with Gasteiger partial charge in [-0.15, -0.1) is 0 Å². The smallest absolute Gasteiger partial charge is 0.379 e. The van der Waals surface area contributed by atoms with Crippen LogP contribution in [0.15, 0.2) is 56.1 Å². The van der Waals surface area contributed by atoms with E-state index < -0.39 is 17.6 Å². The summed E-state index contributed by atoms with van der Waals surface area (Å²) in [6.07, 6.45) is 0.352. The van der Waals surface area contributed by atoms with Crippen molar-refractivity contribution in [3.05, 3.63) is 74.8 Å². The average molecular weight is 441 g/mol. The summed E-state index contributed by atoms with van der Waals surface area (Å²) in [6.45, 7) is 1.77. The van der Waals surface area contributed by atoms with Crippen LogP contribution in [0, 0.1) is 6.92 Å². The monoisotopic (exact) mass is 440 g/mol. The maximum atomic E-state index is 12.8. The summed E-state index contributed by atoms with van der Waals surface area (Å²) in [6, 6.07) is 11.1. The predicted octanol–water partition coefficient (Wildman–Crippen LogP) is 4.83. The molecule has 4 aromatic rings. The van der Waals surface area contributed by atoms with Gasteiger partial charge in [0.05, 0.1) is 7.11 Å². The van der Waals surface area contributed by atoms with Crippen LogP contribution in [0.1, 0.15) is 28.1 Å². The Morgan fingerprint density at radius 1 is 1.03 bits per heavy atom. The number of carbonyl (C=O) groups is 2. The lowest BCUT2D eigenvalue weighted by molar-refractivity contribution is -0.140. The number of aryl methyl sites for hydroxylation is 2. The molecule has 0 saturated heterocycles. The molecule has 0 spiro atoms. The van der Waals surface area contributed by atoms with Crippen molar-refractivity contribution in [2.24, 2.45) is 0 Å². The van der Waals surface area contributed by atoms with Crippen LogP contribution < -0.4 is 10.4 Å². The minimum atomic E-state index is -0.735. The molecule has 0 amide bonds. The van der Waals surface area contributed by atoms with Crippen molar-refractivity contribution in [2.45, 2.75) is 19.8 Å². The number of halogens is 1. The number of benzene rings is 2. The Morgan fingerprint density at radius 2 is 1.84 bits per heavy atom. The van der Waals surface area contributed by atoms with Crippen LogP contribution in [0.2, 0.25) is 5.02 Å². The fraction of sp³-hybridized carbons (Fsp3) is 0.174. The SMILES string of the molecule is COC(=O)CCc1cc2c(C)cc(=O)oc2cc1OC(=O)c1cc2cc(Cl)ccc2o1. The second-order valence-corrected chi connectivity index (χ2v) is 7.40. The van der Waals surface area contributed by atoms with Gasteiger partial charge in [0.15, 0.2) is 0 Å². The van der Waals surface area contributed by atoms with Crippen molar-refractivity contribution in [3.63, 3.8) is 0 Å². The first-order valence-electron chi connectivity index (χ1n) is 9.39. The molecule has 0 aliphatic carbocycles. The molecule has 0 N–H and O–H groups in total. The van der Waals surface area contributed by atoms with Gasteiger partial charge in [-0.05, 0) is 54.8 Å². The molecule has 0 aliphatic heterocycles. The number of rotatable bonds is 5. The molecule has 7 nitrogen and oxygen atoms in total. The molecular weight excluding hydrogens is 424 g/mol. The van der Waals surface area contributed by atoms with Gasteiger partial charge in [0.1, 0.15) is 16.9 Å². The number of esters is 2. The van der Waals surface area contributed by atoms with E-state index in [1.807, 2.05) is 0 Å². The zero-order chi connectivity index (χ0) is 22.1. The third-order valence-electron chi connectivity index (χ3n) is 4.84. The number of methoxy groups -OCH3 is 1. The first kappa shape index (κ1) is 20.7. The minimum Gasteiger partial charge on any atom is -0.469 e. The van der Waals surface area contributed by atoms with E-state index in [0.717, 1.165) is 0 Å². The van der Waals surface area contributed by atoms with Gasteiger partial charge >= 0.3 is 17.6 Å². The van der Waals surface area contributed by atoms with Crippen LogP contribution in [0.25, 0.3) is 21.9 Å². The molecule has 158 valence electrons. The highest BCUT2D eigenvalue weighted by Crippen LogP contribution is 2.30. The predicted molar refractivity (Wildman–Crippen MR) is 114 cm³/mol. The molecule has 0 fully saturated rings. The van der Waals surface area contributed by atoms with Gasteiger partial charge in [0, 0.05) is 34.3 Å². The molecule has 0 radical (unpaired) electrons. The Labute approximate surface area is 181 Å². The Kier molecular flexibility index (Phi) is 5.52. The van der Waals surface area contributed by atoms with Gasteiger partial charge in [-0.3, -0.25) is 4.79 Å². The standard InChI is InChI=1S/C23H17ClO7/c1-12-7-22(26)30-19-11-18(13(9-16(12)19)3-6-21(25)28-2)31-23(27)20-10-14-8-15(24)4-5-17(14)29-20/h4-5,7-11H,3,6H2,1-2H3. The Balaban J connectivity index is 1.73. The molecule has 4 rings (SSSR count). The molecule has 0 aliphatic rings. The fourth-order valence-electron chi connectivity index (χ4n) is 3.29. The number of fused-ring (bicyclic) bond motifs is 2. The van der Waals surface area contributed by atoms with Crippen LogP contribution in [0.3, 0.4) is 0 Å². The topological polar surface area (TPSA) is 96.0 Å². The molecule has 0 saturated carbocycles. The Morgan fingerprint density at radius 3 is 2.61 bits per heavy atom. The molecule has 8 heteroatoms. The van der Waals surface area contributed by atoms with E-state index in [9.17, 15) is 14.4 Å². The molecule has 0 atom stereocenters. The zero-order valence-corrected chi connectivity index (χ0v) is 17.4. The maximum absolute atomic E-state index is 12.8. The summed E-state index contributed by atoms with van der Waals surface area (Å²) in [4.78, 5) is 36.1. The Hall–Kier alpha value is -3.58. The van der Waals surface area contributed by atoms with Crippen LogP contribution >= 0.6 is 11.6 Å². The average Bonchev–Trinajstić information content (AvgIpc) is 3.15. The van der Waals surface area contributed by atoms with Crippen molar-refractivity contribution in [1.82, 2.24) is 0 Å². The lowest BCUT2D eigenvalue weighted by atomic mass is 10.0. The van der Waals surface area contributed by atoms with Crippen molar-refractivity contribution < 1.29 is 27.9 Å². The van der Waals surface area contributed by atoms with E-state index in [2.05, 4.69) is 0 Å². The van der Waals surface area contributed by atoms with Crippen molar-refractivity contribution >= 4 is 45.5 Å². The van der Waals surface area contributed by atoms with E-state index in [1.165, 1.54) is 25.3 Å². The van der Waals surface area contributed by atoms with Crippen LogP contribution in [-0.4, -0.2) is 19.0 Å². The number of furan rings is 1. The van der Waals surface area contributed by atoms with Crippen molar-refractivity contribution in [2.75, 3.05) is 7.11 Å². The highest BCUT2D eigenvalue weighted by atomic mass is 35.5. The summed E-state index contributed by atoms with van der Waals surface area (Å²) in [5.74, 6) is -0.987. The summed E-state index contributed by atoms with van der Waals surface area (Å²) < 4.78 is 21.1. The molecule has 2 aromatic heterocycles. The van der Waals surface area contributed by atoms with Gasteiger partial charge in [-0.1, -0.05) is 11.6 Å². The molecule has 31 heavy (non-hydrogen) atoms. The van der Waals surface area contributed by atoms with Gasteiger partial charge in [0.2, 0.25) is 5.76 Å². The zero-order valence-electron chi connectivity index (χ0n) is 16.7. The fourth-order valence-corrected chi connectivity index (χ4v) is 3.47. The lowest BCUT2D eigenvalue weighted by Gasteiger charge is -2.11. The largest absolute Gasteiger partial charge is 0.469 e. The Bertz CT molecular complexity index is 1380. The molecular formula is C23H17ClO7. The number of hydrogen-bond acceptors (Lipinski definition) is 7. The molecule has 2 aromatic carbocycles. The van der Waals surface area contributed by atoms with Crippen molar-refractivity contribution in [1.29, 1.82) is 0 Å². The van der Waals surface area contributed by atoms with E-state index >= 15 is 0 Å². The van der Waals surface area contributed by atoms with Crippen LogP contribution in [0.4, 0.5) is 0 Å². The van der Waals surface area contributed by atoms with E-state index in [0.29, 0.717) is 32.5 Å². The second kappa shape index (κ2) is 8.28. The van der Waals surface area contributed by atoms with E-state index in [4.69, 9.17) is 29.9 Å². The lowest BCUT2D eigenvalue weighted by Crippen LogP contribution is -2.10. The summed E-state index contributed by atoms with van der Waals surface area (Å²) in [7, 11) is 1.30. The van der Waals surface area contributed by atoms with Gasteiger partial charge < -0.3 is 18.3 Å². The molecule has 2 heterocycles. The first-order chi connectivity index (χ1) is 14.8. The van der Waals surface area contributed by atoms with Gasteiger partial charge in [-0.25, -0.2) is 9.59 Å². The highest BCUT2D eigenvalue weighted by molar-refractivity contribution is 6.31. The van der Waals surface area contributed by atoms with Gasteiger partial charge in [-0.2, -0.15) is 0 Å². The first-order valence-corrected chi connectivity index (χ1v) is 9.77. The number of carbonyl (C=O) groups excluding carboxylic acids is 2. The van der Waals surface area contributed by atoms with Crippen molar-refractivity contribution in [3.8, 4) is 5.75 Å². The molecule has 0 bridgehead atoms. The molecule has 0 unspecified atom stereocenters. The second-order valence-electron chi connectivity index (χ2n) is 6.96. The van der Waals surface area contributed by atoms with Gasteiger partial charge in [0.25, 0.3) is 0 Å². The minimum absolute atomic E-state index is 0.0121. The summed E-state index contributed by atoms with van der Waals surface area (Å²) >= 11 is 5.98. The third-order valence-corrected chi connectivity index (χ3v) is 5.08. The van der Waals surface area contributed by atoms with E-state index in [1.54, 1.807) is 31.2 Å². The quantitative estimate of drug-likeness (QED) is 0.249. The highest BCUT2D eigenvalue weighted by Gasteiger charge is 2.19. The van der Waals surface area contributed by atoms with Crippen LogP contribution in [-0.2, 0) is 16.0 Å². The third kappa shape index (κ3) is 4.32. The van der Waals surface area contributed by atoms with Crippen LogP contribution in [0.5, 0.6) is 5.75 Å². The number of ether oxygens (including phenoxy) is 2. The normalized spacial score (nSPS) is 11.1. The number of hydrogen-bond donors (Lipinski definition) is 0. The van der Waals surface area contributed by atoms with E-state index in [-0.39, 0.29) is 29.9 Å². The maximum Gasteiger partial charge on any atom is 0.379 e. The summed E-state index contributed by atoms with van der Waals surface area (Å²) in [5, 5.41) is 1.85. The summed E-state index contributed by atoms with van der Waals surface area (Å²) in [5.41, 5.74) is 1.53.